The molecule has 0 aliphatic rings. The van der Waals surface area contributed by atoms with Crippen molar-refractivity contribution in [2.75, 3.05) is 13.1 Å². The summed E-state index contributed by atoms with van der Waals surface area (Å²) in [5, 5.41) is 16.2. The minimum absolute atomic E-state index is 0.331. The molecule has 0 spiro atoms. The maximum absolute atomic E-state index is 12.6. The van der Waals surface area contributed by atoms with E-state index in [0.29, 0.717) is 29.2 Å². The number of halogens is 1. The summed E-state index contributed by atoms with van der Waals surface area (Å²) in [7, 11) is 0. The molecule has 22 heavy (non-hydrogen) atoms. The third-order valence-electron chi connectivity index (χ3n) is 3.09. The summed E-state index contributed by atoms with van der Waals surface area (Å²) < 4.78 is 0. The van der Waals surface area contributed by atoms with Gasteiger partial charge in [-0.2, -0.15) is 5.10 Å². The van der Waals surface area contributed by atoms with Crippen LogP contribution in [0.2, 0.25) is 5.02 Å². The predicted molar refractivity (Wildman–Crippen MR) is 82.9 cm³/mol. The summed E-state index contributed by atoms with van der Waals surface area (Å²) in [6.45, 7) is 1.91. The zero-order valence-corrected chi connectivity index (χ0v) is 12.8. The van der Waals surface area contributed by atoms with Crippen LogP contribution in [0.4, 0.5) is 0 Å². The van der Waals surface area contributed by atoms with Crippen LogP contribution in [0.3, 0.4) is 0 Å². The lowest BCUT2D eigenvalue weighted by molar-refractivity contribution is -0.137. The quantitative estimate of drug-likeness (QED) is 0.856. The van der Waals surface area contributed by atoms with Crippen molar-refractivity contribution in [1.82, 2.24) is 15.1 Å². The van der Waals surface area contributed by atoms with E-state index in [1.165, 1.54) is 11.1 Å². The zero-order valence-electron chi connectivity index (χ0n) is 12.0. The van der Waals surface area contributed by atoms with E-state index in [2.05, 4.69) is 10.2 Å². The fourth-order valence-electron chi connectivity index (χ4n) is 2.17. The molecule has 2 aromatic rings. The van der Waals surface area contributed by atoms with Crippen molar-refractivity contribution in [3.05, 3.63) is 41.0 Å². The summed E-state index contributed by atoms with van der Waals surface area (Å²) >= 11 is 5.97. The van der Waals surface area contributed by atoms with Gasteiger partial charge < -0.3 is 10.0 Å². The molecular formula is C15H16ClN3O3. The number of hydrogen-bond donors (Lipinski definition) is 2. The van der Waals surface area contributed by atoms with Gasteiger partial charge >= 0.3 is 5.97 Å². The smallest absolute Gasteiger partial charge is 0.323 e. The Kier molecular flexibility index (Phi) is 5.16. The third kappa shape index (κ3) is 3.65. The van der Waals surface area contributed by atoms with Gasteiger partial charge in [0, 0.05) is 17.1 Å². The van der Waals surface area contributed by atoms with Gasteiger partial charge in [-0.15, -0.1) is 0 Å². The van der Waals surface area contributed by atoms with Gasteiger partial charge in [0.05, 0.1) is 17.5 Å². The van der Waals surface area contributed by atoms with Gasteiger partial charge in [0.2, 0.25) is 0 Å². The van der Waals surface area contributed by atoms with Crippen molar-refractivity contribution in [1.29, 1.82) is 0 Å². The Bertz CT molecular complexity index is 684. The predicted octanol–water partition coefficient (Wildman–Crippen LogP) is 2.67. The minimum atomic E-state index is -1.05. The number of aromatic nitrogens is 2. The number of benzene rings is 1. The summed E-state index contributed by atoms with van der Waals surface area (Å²) in [5.41, 5.74) is 1.58. The van der Waals surface area contributed by atoms with Crippen LogP contribution in [0, 0.1) is 0 Å². The zero-order chi connectivity index (χ0) is 16.1. The number of carboxylic acid groups (broad SMARTS) is 1. The van der Waals surface area contributed by atoms with E-state index in [-0.39, 0.29) is 12.5 Å². The molecule has 7 heteroatoms. The Morgan fingerprint density at radius 3 is 2.82 bits per heavy atom. The molecule has 1 amide bonds. The second-order valence-electron chi connectivity index (χ2n) is 4.79. The second kappa shape index (κ2) is 7.09. The Hall–Kier alpha value is -2.34. The largest absolute Gasteiger partial charge is 0.480 e. The Morgan fingerprint density at radius 2 is 2.18 bits per heavy atom. The number of nitrogens with zero attached hydrogens (tertiary/aromatic N) is 2. The molecule has 2 rings (SSSR count). The van der Waals surface area contributed by atoms with Crippen LogP contribution in [0.25, 0.3) is 11.3 Å². The van der Waals surface area contributed by atoms with E-state index < -0.39 is 5.97 Å². The average molecular weight is 322 g/mol. The summed E-state index contributed by atoms with van der Waals surface area (Å²) in [6.07, 6.45) is 2.08. The highest BCUT2D eigenvalue weighted by Crippen LogP contribution is 2.25. The minimum Gasteiger partial charge on any atom is -0.480 e. The molecule has 116 valence electrons. The molecule has 2 N–H and O–H groups in total. The van der Waals surface area contributed by atoms with E-state index in [1.807, 2.05) is 6.92 Å². The second-order valence-corrected chi connectivity index (χ2v) is 5.23. The number of hydrogen-bond acceptors (Lipinski definition) is 3. The topological polar surface area (TPSA) is 86.3 Å². The first kappa shape index (κ1) is 16.0. The Labute approximate surface area is 132 Å². The number of amides is 1. The molecule has 0 unspecified atom stereocenters. The first-order chi connectivity index (χ1) is 10.5. The van der Waals surface area contributed by atoms with E-state index in [0.717, 1.165) is 5.56 Å². The van der Waals surface area contributed by atoms with Crippen LogP contribution < -0.4 is 0 Å². The lowest BCUT2D eigenvalue weighted by atomic mass is 10.1. The van der Waals surface area contributed by atoms with Crippen molar-refractivity contribution in [2.24, 2.45) is 0 Å². The van der Waals surface area contributed by atoms with Gasteiger partial charge in [0.1, 0.15) is 6.54 Å². The molecule has 0 bridgehead atoms. The molecule has 1 heterocycles. The lowest BCUT2D eigenvalue weighted by Crippen LogP contribution is -2.36. The van der Waals surface area contributed by atoms with Gasteiger partial charge in [-0.1, -0.05) is 30.7 Å². The molecule has 6 nitrogen and oxygen atoms in total. The van der Waals surface area contributed by atoms with Crippen LogP contribution >= 0.6 is 11.6 Å². The SMILES string of the molecule is CCCN(CC(=O)O)C(=O)c1cn[nH]c1-c1cccc(Cl)c1. The van der Waals surface area contributed by atoms with E-state index in [4.69, 9.17) is 16.7 Å². The fraction of sp³-hybridized carbons (Fsp3) is 0.267. The number of carboxylic acids is 1. The number of nitrogens with one attached hydrogen (secondary N) is 1. The van der Waals surface area contributed by atoms with Crippen molar-refractivity contribution in [3.63, 3.8) is 0 Å². The molecule has 1 aromatic heterocycles. The van der Waals surface area contributed by atoms with Gasteiger partial charge in [-0.3, -0.25) is 14.7 Å². The van der Waals surface area contributed by atoms with Crippen LogP contribution in [0.15, 0.2) is 30.5 Å². The maximum Gasteiger partial charge on any atom is 0.323 e. The molecule has 0 fully saturated rings. The van der Waals surface area contributed by atoms with Gasteiger partial charge in [0.15, 0.2) is 0 Å². The van der Waals surface area contributed by atoms with Crippen molar-refractivity contribution < 1.29 is 14.7 Å². The molecule has 0 saturated heterocycles. The van der Waals surface area contributed by atoms with Crippen LogP contribution in [0.1, 0.15) is 23.7 Å². The standard InChI is InChI=1S/C15H16ClN3O3/c1-2-6-19(9-13(20)21)15(22)12-8-17-18-14(12)10-4-3-5-11(16)7-10/h3-5,7-8H,2,6,9H2,1H3,(H,17,18)(H,20,21). The number of H-pyrrole nitrogens is 1. The third-order valence-corrected chi connectivity index (χ3v) is 3.32. The van der Waals surface area contributed by atoms with Crippen molar-refractivity contribution in [2.45, 2.75) is 13.3 Å². The molecule has 0 aliphatic heterocycles. The maximum atomic E-state index is 12.6. The Balaban J connectivity index is 2.34. The molecule has 0 radical (unpaired) electrons. The van der Waals surface area contributed by atoms with Crippen molar-refractivity contribution >= 4 is 23.5 Å². The number of carbonyl (C=O) groups is 2. The van der Waals surface area contributed by atoms with Gasteiger partial charge in [-0.25, -0.2) is 0 Å². The highest BCUT2D eigenvalue weighted by molar-refractivity contribution is 6.30. The average Bonchev–Trinajstić information content (AvgIpc) is 2.95. The molecule has 0 atom stereocenters. The van der Waals surface area contributed by atoms with Crippen LogP contribution in [-0.4, -0.2) is 45.2 Å². The molecule has 1 aromatic carbocycles. The number of carbonyl (C=O) groups excluding carboxylic acids is 1. The molecule has 0 aliphatic carbocycles. The summed E-state index contributed by atoms with van der Waals surface area (Å²) in [5.74, 6) is -1.41. The Morgan fingerprint density at radius 1 is 1.41 bits per heavy atom. The highest BCUT2D eigenvalue weighted by Gasteiger charge is 2.22. The van der Waals surface area contributed by atoms with E-state index in [1.54, 1.807) is 24.3 Å². The van der Waals surface area contributed by atoms with E-state index >= 15 is 0 Å². The van der Waals surface area contributed by atoms with Crippen LogP contribution in [0.5, 0.6) is 0 Å². The molecule has 0 saturated carbocycles. The first-order valence-corrected chi connectivity index (χ1v) is 7.21. The van der Waals surface area contributed by atoms with E-state index in [9.17, 15) is 9.59 Å². The highest BCUT2D eigenvalue weighted by atomic mass is 35.5. The first-order valence-electron chi connectivity index (χ1n) is 6.83. The molecular weight excluding hydrogens is 306 g/mol. The summed E-state index contributed by atoms with van der Waals surface area (Å²) in [4.78, 5) is 24.8. The normalized spacial score (nSPS) is 10.5. The van der Waals surface area contributed by atoms with Crippen molar-refractivity contribution in [3.8, 4) is 11.3 Å². The number of rotatable bonds is 6. The number of aromatic amines is 1. The van der Waals surface area contributed by atoms with Crippen LogP contribution in [-0.2, 0) is 4.79 Å². The summed E-state index contributed by atoms with van der Waals surface area (Å²) in [6, 6.07) is 7.02. The number of aliphatic carboxylic acids is 1. The van der Waals surface area contributed by atoms with Gasteiger partial charge in [0.25, 0.3) is 5.91 Å². The fourth-order valence-corrected chi connectivity index (χ4v) is 2.36. The monoisotopic (exact) mass is 321 g/mol. The lowest BCUT2D eigenvalue weighted by Gasteiger charge is -2.19. The van der Waals surface area contributed by atoms with Gasteiger partial charge in [-0.05, 0) is 18.6 Å².